The lowest BCUT2D eigenvalue weighted by Gasteiger charge is -2.12. The molecular formula is C21H22N4O3S. The number of nitrogens with zero attached hydrogens (tertiary/aromatic N) is 3. The lowest BCUT2D eigenvalue weighted by Crippen LogP contribution is -2.22. The second-order valence-electron chi connectivity index (χ2n) is 6.40. The number of benzene rings is 2. The Morgan fingerprint density at radius 1 is 1.17 bits per heavy atom. The van der Waals surface area contributed by atoms with Gasteiger partial charge in [-0.2, -0.15) is 0 Å². The van der Waals surface area contributed by atoms with E-state index < -0.39 is 0 Å². The monoisotopic (exact) mass is 410 g/mol. The number of hydrogen-bond acceptors (Lipinski definition) is 5. The Bertz CT molecular complexity index is 999. The van der Waals surface area contributed by atoms with Gasteiger partial charge in [0.15, 0.2) is 5.16 Å². The summed E-state index contributed by atoms with van der Waals surface area (Å²) in [6.45, 7) is 0. The predicted molar refractivity (Wildman–Crippen MR) is 114 cm³/mol. The normalized spacial score (nSPS) is 10.4. The van der Waals surface area contributed by atoms with Crippen molar-refractivity contribution in [2.75, 3.05) is 32.3 Å². The Kier molecular flexibility index (Phi) is 6.56. The van der Waals surface area contributed by atoms with Crippen molar-refractivity contribution in [3.8, 4) is 11.4 Å². The van der Waals surface area contributed by atoms with Crippen LogP contribution in [0.15, 0.2) is 66.1 Å². The molecule has 0 saturated carbocycles. The van der Waals surface area contributed by atoms with Crippen molar-refractivity contribution in [3.05, 3.63) is 66.5 Å². The molecule has 29 heavy (non-hydrogen) atoms. The molecule has 2 amide bonds. The lowest BCUT2D eigenvalue weighted by atomic mass is 10.2. The first-order valence-corrected chi connectivity index (χ1v) is 9.88. The minimum atomic E-state index is -0.172. The molecule has 0 aliphatic carbocycles. The van der Waals surface area contributed by atoms with Crippen molar-refractivity contribution >= 4 is 29.3 Å². The van der Waals surface area contributed by atoms with E-state index in [-0.39, 0.29) is 17.6 Å². The number of carbonyl (C=O) groups is 2. The molecule has 1 N–H and O–H groups in total. The average Bonchev–Trinajstić information content (AvgIpc) is 3.20. The molecule has 0 fully saturated rings. The molecular weight excluding hydrogens is 388 g/mol. The van der Waals surface area contributed by atoms with E-state index >= 15 is 0 Å². The third-order valence-electron chi connectivity index (χ3n) is 4.09. The Hall–Kier alpha value is -3.26. The molecule has 3 rings (SSSR count). The van der Waals surface area contributed by atoms with Gasteiger partial charge in [0, 0.05) is 43.4 Å². The van der Waals surface area contributed by atoms with Crippen molar-refractivity contribution < 1.29 is 14.3 Å². The molecule has 0 atom stereocenters. The number of methoxy groups -OCH3 is 1. The maximum atomic E-state index is 12.4. The number of hydrogen-bond donors (Lipinski definition) is 1. The highest BCUT2D eigenvalue weighted by molar-refractivity contribution is 7.99. The fraction of sp³-hybridized carbons (Fsp3) is 0.190. The van der Waals surface area contributed by atoms with Gasteiger partial charge in [-0.25, -0.2) is 4.98 Å². The molecule has 7 nitrogen and oxygen atoms in total. The number of anilines is 1. The van der Waals surface area contributed by atoms with Crippen LogP contribution >= 0.6 is 11.8 Å². The van der Waals surface area contributed by atoms with E-state index in [1.165, 1.54) is 16.7 Å². The average molecular weight is 410 g/mol. The summed E-state index contributed by atoms with van der Waals surface area (Å²) in [6, 6.07) is 14.5. The van der Waals surface area contributed by atoms with E-state index in [4.69, 9.17) is 4.74 Å². The molecule has 8 heteroatoms. The number of nitrogens with one attached hydrogen (secondary N) is 1. The minimum absolute atomic E-state index is 0.114. The van der Waals surface area contributed by atoms with Crippen LogP contribution in [0.5, 0.6) is 5.75 Å². The van der Waals surface area contributed by atoms with Gasteiger partial charge in [-0.1, -0.05) is 17.8 Å². The number of amides is 2. The van der Waals surface area contributed by atoms with Crippen LogP contribution in [-0.4, -0.2) is 53.2 Å². The van der Waals surface area contributed by atoms with Crippen molar-refractivity contribution in [1.29, 1.82) is 0 Å². The molecule has 2 aromatic carbocycles. The van der Waals surface area contributed by atoms with Gasteiger partial charge >= 0.3 is 0 Å². The second-order valence-corrected chi connectivity index (χ2v) is 7.34. The topological polar surface area (TPSA) is 76.5 Å². The fourth-order valence-electron chi connectivity index (χ4n) is 2.65. The van der Waals surface area contributed by atoms with Crippen molar-refractivity contribution in [1.82, 2.24) is 14.5 Å². The molecule has 150 valence electrons. The van der Waals surface area contributed by atoms with Crippen LogP contribution in [0.1, 0.15) is 10.4 Å². The number of ether oxygens (including phenoxy) is 1. The van der Waals surface area contributed by atoms with Gasteiger partial charge in [-0.3, -0.25) is 14.2 Å². The van der Waals surface area contributed by atoms with Crippen molar-refractivity contribution in [2.24, 2.45) is 0 Å². The van der Waals surface area contributed by atoms with E-state index in [0.717, 1.165) is 11.4 Å². The van der Waals surface area contributed by atoms with E-state index in [2.05, 4.69) is 10.3 Å². The number of thioether (sulfide) groups is 1. The SMILES string of the molecule is COc1ccc(-n2ccnc2SCC(=O)Nc2cccc(C(=O)N(C)C)c2)cc1. The number of imidazole rings is 1. The van der Waals surface area contributed by atoms with Crippen molar-refractivity contribution in [3.63, 3.8) is 0 Å². The summed E-state index contributed by atoms with van der Waals surface area (Å²) in [5, 5.41) is 3.54. The quantitative estimate of drug-likeness (QED) is 0.605. The molecule has 0 unspecified atom stereocenters. The summed E-state index contributed by atoms with van der Waals surface area (Å²) < 4.78 is 7.09. The summed E-state index contributed by atoms with van der Waals surface area (Å²) in [6.07, 6.45) is 3.54. The molecule has 0 aliphatic heterocycles. The fourth-order valence-corrected chi connectivity index (χ4v) is 3.42. The smallest absolute Gasteiger partial charge is 0.253 e. The van der Waals surface area contributed by atoms with Gasteiger partial charge in [0.1, 0.15) is 5.75 Å². The van der Waals surface area contributed by atoms with Crippen LogP contribution in [0.25, 0.3) is 5.69 Å². The van der Waals surface area contributed by atoms with Crippen LogP contribution in [0.3, 0.4) is 0 Å². The van der Waals surface area contributed by atoms with Gasteiger partial charge < -0.3 is 15.0 Å². The van der Waals surface area contributed by atoms with Crippen LogP contribution in [0.4, 0.5) is 5.69 Å². The highest BCUT2D eigenvalue weighted by atomic mass is 32.2. The molecule has 0 radical (unpaired) electrons. The van der Waals surface area contributed by atoms with Gasteiger partial charge in [0.05, 0.1) is 12.9 Å². The van der Waals surface area contributed by atoms with E-state index in [1.54, 1.807) is 51.7 Å². The third-order valence-corrected chi connectivity index (χ3v) is 5.06. The highest BCUT2D eigenvalue weighted by Gasteiger charge is 2.12. The van der Waals surface area contributed by atoms with E-state index in [9.17, 15) is 9.59 Å². The first-order valence-electron chi connectivity index (χ1n) is 8.90. The van der Waals surface area contributed by atoms with Gasteiger partial charge in [0.2, 0.25) is 5.91 Å². The Morgan fingerprint density at radius 2 is 1.93 bits per heavy atom. The van der Waals surface area contributed by atoms with Crippen LogP contribution < -0.4 is 10.1 Å². The van der Waals surface area contributed by atoms with Crippen LogP contribution in [0.2, 0.25) is 0 Å². The zero-order chi connectivity index (χ0) is 20.8. The number of aromatic nitrogens is 2. The first kappa shape index (κ1) is 20.5. The maximum absolute atomic E-state index is 12.4. The third kappa shape index (κ3) is 5.17. The lowest BCUT2D eigenvalue weighted by molar-refractivity contribution is -0.113. The molecule has 3 aromatic rings. The van der Waals surface area contributed by atoms with Crippen molar-refractivity contribution in [2.45, 2.75) is 5.16 Å². The molecule has 1 aromatic heterocycles. The molecule has 0 spiro atoms. The predicted octanol–water partition coefficient (Wildman–Crippen LogP) is 3.31. The molecule has 0 saturated heterocycles. The molecule has 0 aliphatic rings. The summed E-state index contributed by atoms with van der Waals surface area (Å²) >= 11 is 1.33. The first-order chi connectivity index (χ1) is 14.0. The van der Waals surface area contributed by atoms with E-state index in [0.29, 0.717) is 16.4 Å². The maximum Gasteiger partial charge on any atom is 0.253 e. The van der Waals surface area contributed by atoms with E-state index in [1.807, 2.05) is 35.0 Å². The summed E-state index contributed by atoms with van der Waals surface area (Å²) in [4.78, 5) is 30.3. The second kappa shape index (κ2) is 9.29. The van der Waals surface area contributed by atoms with Gasteiger partial charge in [-0.15, -0.1) is 0 Å². The standard InChI is InChI=1S/C21H22N4O3S/c1-24(2)20(27)15-5-4-6-16(13-15)23-19(26)14-29-21-22-11-12-25(21)17-7-9-18(28-3)10-8-17/h4-13H,14H2,1-3H3,(H,23,26). The molecule has 0 bridgehead atoms. The van der Waals surface area contributed by atoms with Crippen LogP contribution in [0, 0.1) is 0 Å². The van der Waals surface area contributed by atoms with Gasteiger partial charge in [-0.05, 0) is 42.5 Å². The minimum Gasteiger partial charge on any atom is -0.497 e. The summed E-state index contributed by atoms with van der Waals surface area (Å²) in [7, 11) is 5.00. The zero-order valence-corrected chi connectivity index (χ0v) is 17.3. The van der Waals surface area contributed by atoms with Crippen LogP contribution in [-0.2, 0) is 4.79 Å². The number of carbonyl (C=O) groups excluding carboxylic acids is 2. The highest BCUT2D eigenvalue weighted by Crippen LogP contribution is 2.22. The summed E-state index contributed by atoms with van der Waals surface area (Å²) in [5.74, 6) is 0.683. The Balaban J connectivity index is 1.63. The summed E-state index contributed by atoms with van der Waals surface area (Å²) in [5.41, 5.74) is 2.04. The Labute approximate surface area is 173 Å². The largest absolute Gasteiger partial charge is 0.497 e. The number of rotatable bonds is 7. The zero-order valence-electron chi connectivity index (χ0n) is 16.5. The van der Waals surface area contributed by atoms with Gasteiger partial charge in [0.25, 0.3) is 5.91 Å². The molecule has 1 heterocycles. The Morgan fingerprint density at radius 3 is 2.62 bits per heavy atom.